The first kappa shape index (κ1) is 17.4. The quantitative estimate of drug-likeness (QED) is 0.838. The number of aromatic nitrogens is 1. The number of nitrogens with one attached hydrogen (secondary N) is 1. The fourth-order valence-electron chi connectivity index (χ4n) is 3.89. The number of esters is 1. The van der Waals surface area contributed by atoms with Crippen LogP contribution in [0, 0.1) is 12.3 Å². The molecule has 25 heavy (non-hydrogen) atoms. The summed E-state index contributed by atoms with van der Waals surface area (Å²) in [6, 6.07) is 3.81. The number of ketones is 1. The third-order valence-corrected chi connectivity index (χ3v) is 4.97. The third-order valence-electron chi connectivity index (χ3n) is 4.97. The van der Waals surface area contributed by atoms with Crippen LogP contribution in [0.15, 0.2) is 40.9 Å². The number of methoxy groups -OCH3 is 1. The zero-order valence-corrected chi connectivity index (χ0v) is 15.4. The molecule has 0 fully saturated rings. The van der Waals surface area contributed by atoms with Crippen LogP contribution in [0.1, 0.15) is 50.8 Å². The number of ether oxygens (including phenoxy) is 1. The van der Waals surface area contributed by atoms with Crippen LogP contribution in [0.3, 0.4) is 0 Å². The Labute approximate surface area is 148 Å². The molecular weight excluding hydrogens is 316 g/mol. The number of hydrogen-bond acceptors (Lipinski definition) is 5. The Morgan fingerprint density at radius 2 is 2.04 bits per heavy atom. The average molecular weight is 340 g/mol. The highest BCUT2D eigenvalue weighted by atomic mass is 16.5. The Balaban J connectivity index is 2.24. The highest BCUT2D eigenvalue weighted by molar-refractivity contribution is 6.04. The Hall–Kier alpha value is -2.43. The second-order valence-electron chi connectivity index (χ2n) is 7.63. The molecule has 1 aliphatic carbocycles. The Morgan fingerprint density at radius 3 is 2.68 bits per heavy atom. The minimum atomic E-state index is -0.478. The van der Waals surface area contributed by atoms with Crippen molar-refractivity contribution in [1.82, 2.24) is 10.3 Å². The van der Waals surface area contributed by atoms with Gasteiger partial charge in [0.2, 0.25) is 0 Å². The monoisotopic (exact) mass is 340 g/mol. The molecule has 0 saturated carbocycles. The lowest BCUT2D eigenvalue weighted by atomic mass is 9.69. The lowest BCUT2D eigenvalue weighted by Crippen LogP contribution is -2.39. The van der Waals surface area contributed by atoms with E-state index in [1.807, 2.05) is 26.0 Å². The van der Waals surface area contributed by atoms with E-state index in [0.29, 0.717) is 17.6 Å². The smallest absolute Gasteiger partial charge is 0.336 e. The van der Waals surface area contributed by atoms with Gasteiger partial charge in [-0.15, -0.1) is 0 Å². The summed E-state index contributed by atoms with van der Waals surface area (Å²) in [5.74, 6) is -0.833. The largest absolute Gasteiger partial charge is 0.466 e. The van der Waals surface area contributed by atoms with Crippen LogP contribution in [0.2, 0.25) is 0 Å². The van der Waals surface area contributed by atoms with Gasteiger partial charge in [0, 0.05) is 29.6 Å². The van der Waals surface area contributed by atoms with Gasteiger partial charge in [-0.25, -0.2) is 4.79 Å². The van der Waals surface area contributed by atoms with Crippen LogP contribution in [0.4, 0.5) is 0 Å². The zero-order chi connectivity index (χ0) is 18.4. The van der Waals surface area contributed by atoms with Gasteiger partial charge in [0.1, 0.15) is 0 Å². The molecule has 0 aromatic carbocycles. The van der Waals surface area contributed by atoms with Crippen molar-refractivity contribution in [2.45, 2.75) is 46.5 Å². The van der Waals surface area contributed by atoms with Crippen molar-refractivity contribution in [2.75, 3.05) is 7.11 Å². The van der Waals surface area contributed by atoms with E-state index >= 15 is 0 Å². The van der Waals surface area contributed by atoms with Crippen molar-refractivity contribution < 1.29 is 14.3 Å². The summed E-state index contributed by atoms with van der Waals surface area (Å²) >= 11 is 0. The average Bonchev–Trinajstić information content (AvgIpc) is 2.52. The molecule has 132 valence electrons. The number of nitrogens with zero attached hydrogens (tertiary/aromatic N) is 1. The second kappa shape index (κ2) is 6.14. The molecule has 2 aliphatic rings. The van der Waals surface area contributed by atoms with Gasteiger partial charge in [0.05, 0.1) is 24.3 Å². The minimum absolute atomic E-state index is 0.0720. The SMILES string of the molecule is COC(=O)C1=C(C)NC2=C(C(=O)CC(C)(C)C2)C1c1ncccc1C. The summed E-state index contributed by atoms with van der Waals surface area (Å²) < 4.78 is 5.01. The van der Waals surface area contributed by atoms with E-state index in [0.717, 1.165) is 29.1 Å². The molecule has 0 spiro atoms. The van der Waals surface area contributed by atoms with E-state index in [4.69, 9.17) is 4.74 Å². The molecule has 0 bridgehead atoms. The first-order chi connectivity index (χ1) is 11.7. The van der Waals surface area contributed by atoms with E-state index in [9.17, 15) is 9.59 Å². The molecule has 3 rings (SSSR count). The molecule has 5 nitrogen and oxygen atoms in total. The third kappa shape index (κ3) is 2.99. The van der Waals surface area contributed by atoms with Crippen molar-refractivity contribution in [2.24, 2.45) is 5.41 Å². The van der Waals surface area contributed by atoms with E-state index < -0.39 is 11.9 Å². The topological polar surface area (TPSA) is 68.3 Å². The number of rotatable bonds is 2. The van der Waals surface area contributed by atoms with Crippen LogP contribution >= 0.6 is 0 Å². The van der Waals surface area contributed by atoms with Gasteiger partial charge >= 0.3 is 5.97 Å². The highest BCUT2D eigenvalue weighted by Crippen LogP contribution is 2.46. The maximum absolute atomic E-state index is 13.0. The molecule has 5 heteroatoms. The number of allylic oxidation sites excluding steroid dienone is 3. The molecule has 1 atom stereocenters. The van der Waals surface area contributed by atoms with Gasteiger partial charge in [0.25, 0.3) is 0 Å². The summed E-state index contributed by atoms with van der Waals surface area (Å²) in [7, 11) is 1.36. The highest BCUT2D eigenvalue weighted by Gasteiger charge is 2.43. The molecule has 1 aromatic rings. The predicted molar refractivity (Wildman–Crippen MR) is 94.6 cm³/mol. The van der Waals surface area contributed by atoms with Gasteiger partial charge in [-0.1, -0.05) is 19.9 Å². The molecule has 1 aliphatic heterocycles. The summed E-state index contributed by atoms with van der Waals surface area (Å²) in [5.41, 5.74) is 4.35. The number of carbonyl (C=O) groups excluding carboxylic acids is 2. The first-order valence-electron chi connectivity index (χ1n) is 8.49. The Bertz CT molecular complexity index is 818. The minimum Gasteiger partial charge on any atom is -0.466 e. The number of aryl methyl sites for hydroxylation is 1. The van der Waals surface area contributed by atoms with Crippen LogP contribution in [0.5, 0.6) is 0 Å². The Kier molecular flexibility index (Phi) is 4.27. The van der Waals surface area contributed by atoms with Gasteiger partial charge in [-0.2, -0.15) is 0 Å². The molecule has 0 radical (unpaired) electrons. The summed E-state index contributed by atoms with van der Waals surface area (Å²) in [6.45, 7) is 7.98. The molecule has 1 N–H and O–H groups in total. The van der Waals surface area contributed by atoms with E-state index in [2.05, 4.69) is 24.1 Å². The van der Waals surface area contributed by atoms with Crippen molar-refractivity contribution >= 4 is 11.8 Å². The van der Waals surface area contributed by atoms with Crippen molar-refractivity contribution in [3.8, 4) is 0 Å². The number of Topliss-reactive ketones (excluding diaryl/α,β-unsaturated/α-hetero) is 1. The fraction of sp³-hybridized carbons (Fsp3) is 0.450. The van der Waals surface area contributed by atoms with Gasteiger partial charge < -0.3 is 10.1 Å². The zero-order valence-electron chi connectivity index (χ0n) is 15.4. The fourth-order valence-corrected chi connectivity index (χ4v) is 3.89. The molecule has 0 saturated heterocycles. The van der Waals surface area contributed by atoms with E-state index in [1.54, 1.807) is 6.20 Å². The van der Waals surface area contributed by atoms with Crippen molar-refractivity contribution in [3.63, 3.8) is 0 Å². The first-order valence-corrected chi connectivity index (χ1v) is 8.49. The lowest BCUT2D eigenvalue weighted by Gasteiger charge is -2.39. The van der Waals surface area contributed by atoms with Crippen LogP contribution in [0.25, 0.3) is 0 Å². The van der Waals surface area contributed by atoms with E-state index in [1.165, 1.54) is 7.11 Å². The Morgan fingerprint density at radius 1 is 1.32 bits per heavy atom. The predicted octanol–water partition coefficient (Wildman–Crippen LogP) is 3.17. The van der Waals surface area contributed by atoms with Crippen molar-refractivity contribution in [3.05, 3.63) is 52.1 Å². The normalized spacial score (nSPS) is 22.4. The second-order valence-corrected chi connectivity index (χ2v) is 7.63. The standard InChI is InChI=1S/C20H24N2O3/c1-11-7-6-8-21-18(11)17-15(19(24)25-5)12(2)22-13-9-20(3,4)10-14(23)16(13)17/h6-8,17,22H,9-10H2,1-5H3. The summed E-state index contributed by atoms with van der Waals surface area (Å²) in [6.07, 6.45) is 2.93. The number of carbonyl (C=O) groups is 2. The lowest BCUT2D eigenvalue weighted by molar-refractivity contribution is -0.136. The molecule has 2 heterocycles. The van der Waals surface area contributed by atoms with Crippen LogP contribution in [-0.4, -0.2) is 23.8 Å². The van der Waals surface area contributed by atoms with E-state index in [-0.39, 0.29) is 11.2 Å². The molecule has 1 aromatic heterocycles. The number of dihydropyridines is 1. The van der Waals surface area contributed by atoms with Gasteiger partial charge in [-0.05, 0) is 37.3 Å². The maximum atomic E-state index is 13.0. The van der Waals surface area contributed by atoms with Gasteiger partial charge in [0.15, 0.2) is 5.78 Å². The summed E-state index contributed by atoms with van der Waals surface area (Å²) in [5, 5.41) is 3.30. The summed E-state index contributed by atoms with van der Waals surface area (Å²) in [4.78, 5) is 30.0. The van der Waals surface area contributed by atoms with Crippen LogP contribution in [-0.2, 0) is 14.3 Å². The molecular formula is C20H24N2O3. The molecule has 0 amide bonds. The van der Waals surface area contributed by atoms with Crippen molar-refractivity contribution in [1.29, 1.82) is 0 Å². The molecule has 1 unspecified atom stereocenters. The van der Waals surface area contributed by atoms with Crippen LogP contribution < -0.4 is 5.32 Å². The van der Waals surface area contributed by atoms with Gasteiger partial charge in [-0.3, -0.25) is 9.78 Å². The maximum Gasteiger partial charge on any atom is 0.336 e. The number of hydrogen-bond donors (Lipinski definition) is 1. The number of pyridine rings is 1.